The van der Waals surface area contributed by atoms with Gasteiger partial charge in [0.15, 0.2) is 11.7 Å². The van der Waals surface area contributed by atoms with Crippen molar-refractivity contribution in [1.29, 1.82) is 5.26 Å². The molecule has 1 heterocycles. The standard InChI is InChI=1S/C18H15N3O2/c1-12-6-8-13(9-7-12)23-11-17(22)14(10-19)18-20-15-4-2-3-5-16(15)21-18/h2-9,14H,11H2,1H3,(H,20,21)/t14-/m1/s1. The van der Waals surface area contributed by atoms with Gasteiger partial charge < -0.3 is 9.72 Å². The zero-order valence-electron chi connectivity index (χ0n) is 12.6. The molecule has 0 saturated heterocycles. The highest BCUT2D eigenvalue weighted by atomic mass is 16.5. The Morgan fingerprint density at radius 1 is 1.26 bits per heavy atom. The molecule has 0 spiro atoms. The Labute approximate surface area is 133 Å². The van der Waals surface area contributed by atoms with Gasteiger partial charge in [0.25, 0.3) is 0 Å². The Bertz CT molecular complexity index is 842. The van der Waals surface area contributed by atoms with Crippen LogP contribution < -0.4 is 4.74 Å². The van der Waals surface area contributed by atoms with Crippen molar-refractivity contribution in [2.75, 3.05) is 6.61 Å². The second-order valence-electron chi connectivity index (χ2n) is 5.27. The maximum absolute atomic E-state index is 12.3. The molecule has 5 nitrogen and oxygen atoms in total. The second kappa shape index (κ2) is 6.32. The van der Waals surface area contributed by atoms with Crippen molar-refractivity contribution < 1.29 is 9.53 Å². The number of fused-ring (bicyclic) bond motifs is 1. The van der Waals surface area contributed by atoms with Crippen molar-refractivity contribution in [3.63, 3.8) is 0 Å². The number of rotatable bonds is 5. The maximum atomic E-state index is 12.3. The first-order chi connectivity index (χ1) is 11.2. The number of nitriles is 1. The van der Waals surface area contributed by atoms with Crippen molar-refractivity contribution in [3.05, 3.63) is 59.9 Å². The number of nitrogens with zero attached hydrogens (tertiary/aromatic N) is 2. The molecule has 0 aliphatic carbocycles. The molecule has 114 valence electrons. The lowest BCUT2D eigenvalue weighted by molar-refractivity contribution is -0.121. The zero-order valence-corrected chi connectivity index (χ0v) is 12.6. The van der Waals surface area contributed by atoms with Crippen LogP contribution >= 0.6 is 0 Å². The number of aromatic nitrogens is 2. The molecule has 5 heteroatoms. The van der Waals surface area contributed by atoms with E-state index in [0.717, 1.165) is 16.6 Å². The topological polar surface area (TPSA) is 78.8 Å². The summed E-state index contributed by atoms with van der Waals surface area (Å²) in [7, 11) is 0. The first-order valence-corrected chi connectivity index (χ1v) is 7.24. The van der Waals surface area contributed by atoms with Gasteiger partial charge in [-0.2, -0.15) is 5.26 Å². The minimum atomic E-state index is -0.965. The summed E-state index contributed by atoms with van der Waals surface area (Å²) in [6, 6.07) is 16.8. The highest BCUT2D eigenvalue weighted by Gasteiger charge is 2.24. The molecule has 2 aromatic carbocycles. The lowest BCUT2D eigenvalue weighted by atomic mass is 10.1. The van der Waals surface area contributed by atoms with E-state index >= 15 is 0 Å². The van der Waals surface area contributed by atoms with Gasteiger partial charge in [-0.25, -0.2) is 4.98 Å². The molecule has 1 aromatic heterocycles. The molecule has 23 heavy (non-hydrogen) atoms. The fourth-order valence-corrected chi connectivity index (χ4v) is 2.27. The smallest absolute Gasteiger partial charge is 0.194 e. The number of ether oxygens (including phenoxy) is 1. The third-order valence-corrected chi connectivity index (χ3v) is 3.53. The maximum Gasteiger partial charge on any atom is 0.194 e. The van der Waals surface area contributed by atoms with Crippen LogP contribution in [0.5, 0.6) is 5.75 Å². The van der Waals surface area contributed by atoms with Crippen LogP contribution in [-0.2, 0) is 4.79 Å². The van der Waals surface area contributed by atoms with E-state index in [0.29, 0.717) is 11.6 Å². The predicted molar refractivity (Wildman–Crippen MR) is 86.1 cm³/mol. The van der Waals surface area contributed by atoms with E-state index < -0.39 is 5.92 Å². The van der Waals surface area contributed by atoms with E-state index in [-0.39, 0.29) is 12.4 Å². The SMILES string of the molecule is Cc1ccc(OCC(=O)[C@@H](C#N)c2nc3ccccc3[nH]2)cc1. The van der Waals surface area contributed by atoms with Crippen molar-refractivity contribution in [2.45, 2.75) is 12.8 Å². The van der Waals surface area contributed by atoms with Gasteiger partial charge in [-0.1, -0.05) is 29.8 Å². The van der Waals surface area contributed by atoms with Crippen LogP contribution in [-0.4, -0.2) is 22.4 Å². The number of nitrogens with one attached hydrogen (secondary N) is 1. The van der Waals surface area contributed by atoms with E-state index in [4.69, 9.17) is 4.74 Å². The number of imidazole rings is 1. The summed E-state index contributed by atoms with van der Waals surface area (Å²) in [6.07, 6.45) is 0. The monoisotopic (exact) mass is 305 g/mol. The number of carbonyl (C=O) groups is 1. The summed E-state index contributed by atoms with van der Waals surface area (Å²) in [4.78, 5) is 19.6. The first-order valence-electron chi connectivity index (χ1n) is 7.24. The van der Waals surface area contributed by atoms with Crippen LogP contribution in [0, 0.1) is 18.3 Å². The number of hydrogen-bond donors (Lipinski definition) is 1. The third kappa shape index (κ3) is 3.22. The van der Waals surface area contributed by atoms with Gasteiger partial charge in [-0.3, -0.25) is 4.79 Å². The molecular weight excluding hydrogens is 290 g/mol. The quantitative estimate of drug-likeness (QED) is 0.785. The highest BCUT2D eigenvalue weighted by molar-refractivity contribution is 5.90. The summed E-state index contributed by atoms with van der Waals surface area (Å²) in [5.41, 5.74) is 2.64. The van der Waals surface area contributed by atoms with E-state index in [1.165, 1.54) is 0 Å². The Kier molecular flexibility index (Phi) is 4.07. The molecule has 0 amide bonds. The van der Waals surface area contributed by atoms with Crippen molar-refractivity contribution in [2.24, 2.45) is 0 Å². The molecule has 3 aromatic rings. The van der Waals surface area contributed by atoms with E-state index in [2.05, 4.69) is 9.97 Å². The number of aryl methyl sites for hydroxylation is 1. The summed E-state index contributed by atoms with van der Waals surface area (Å²) < 4.78 is 5.46. The van der Waals surface area contributed by atoms with Crippen molar-refractivity contribution in [1.82, 2.24) is 9.97 Å². The number of ketones is 1. The number of hydrogen-bond acceptors (Lipinski definition) is 4. The number of aromatic amines is 1. The lowest BCUT2D eigenvalue weighted by Gasteiger charge is -2.08. The lowest BCUT2D eigenvalue weighted by Crippen LogP contribution is -2.20. The van der Waals surface area contributed by atoms with Crippen LogP contribution in [0.2, 0.25) is 0 Å². The molecule has 0 bridgehead atoms. The molecule has 0 radical (unpaired) electrons. The largest absolute Gasteiger partial charge is 0.486 e. The average molecular weight is 305 g/mol. The molecule has 0 fully saturated rings. The van der Waals surface area contributed by atoms with Crippen LogP contribution in [0.25, 0.3) is 11.0 Å². The number of carbonyl (C=O) groups excluding carboxylic acids is 1. The summed E-state index contributed by atoms with van der Waals surface area (Å²) in [5, 5.41) is 9.32. The van der Waals surface area contributed by atoms with Gasteiger partial charge in [0.2, 0.25) is 0 Å². The van der Waals surface area contributed by atoms with Gasteiger partial charge in [-0.05, 0) is 31.2 Å². The fourth-order valence-electron chi connectivity index (χ4n) is 2.27. The molecule has 0 saturated carbocycles. The van der Waals surface area contributed by atoms with Crippen molar-refractivity contribution in [3.8, 4) is 11.8 Å². The molecule has 1 atom stereocenters. The predicted octanol–water partition coefficient (Wildman–Crippen LogP) is 3.13. The van der Waals surface area contributed by atoms with Crippen LogP contribution in [0.15, 0.2) is 48.5 Å². The average Bonchev–Trinajstić information content (AvgIpc) is 2.98. The molecule has 0 aliphatic heterocycles. The Hall–Kier alpha value is -3.13. The number of H-pyrrole nitrogens is 1. The zero-order chi connectivity index (χ0) is 16.2. The fraction of sp³-hybridized carbons (Fsp3) is 0.167. The molecule has 0 unspecified atom stereocenters. The van der Waals surface area contributed by atoms with Crippen LogP contribution in [0.1, 0.15) is 17.3 Å². The Morgan fingerprint density at radius 3 is 2.70 bits per heavy atom. The van der Waals surface area contributed by atoms with E-state index in [1.807, 2.05) is 49.4 Å². The van der Waals surface area contributed by atoms with Crippen molar-refractivity contribution >= 4 is 16.8 Å². The van der Waals surface area contributed by atoms with E-state index in [1.54, 1.807) is 12.1 Å². The summed E-state index contributed by atoms with van der Waals surface area (Å²) in [5.74, 6) is -0.337. The van der Waals surface area contributed by atoms with Gasteiger partial charge >= 0.3 is 0 Å². The number of Topliss-reactive ketones (excluding diaryl/α,β-unsaturated/α-hetero) is 1. The van der Waals surface area contributed by atoms with E-state index in [9.17, 15) is 10.1 Å². The molecular formula is C18H15N3O2. The molecule has 3 rings (SSSR count). The van der Waals surface area contributed by atoms with Gasteiger partial charge in [0.05, 0.1) is 17.1 Å². The highest BCUT2D eigenvalue weighted by Crippen LogP contribution is 2.19. The normalized spacial score (nSPS) is 11.8. The summed E-state index contributed by atoms with van der Waals surface area (Å²) in [6.45, 7) is 1.81. The van der Waals surface area contributed by atoms with Crippen LogP contribution in [0.4, 0.5) is 0 Å². The molecule has 0 aliphatic rings. The number of para-hydroxylation sites is 2. The van der Waals surface area contributed by atoms with Gasteiger partial charge in [0, 0.05) is 0 Å². The minimum Gasteiger partial charge on any atom is -0.486 e. The van der Waals surface area contributed by atoms with Gasteiger partial charge in [-0.15, -0.1) is 0 Å². The number of benzene rings is 2. The Morgan fingerprint density at radius 2 is 2.00 bits per heavy atom. The minimum absolute atomic E-state index is 0.168. The Balaban J connectivity index is 1.73. The second-order valence-corrected chi connectivity index (χ2v) is 5.27. The third-order valence-electron chi connectivity index (χ3n) is 3.53. The summed E-state index contributed by atoms with van der Waals surface area (Å²) >= 11 is 0. The van der Waals surface area contributed by atoms with Gasteiger partial charge in [0.1, 0.15) is 18.2 Å². The van der Waals surface area contributed by atoms with Crippen LogP contribution in [0.3, 0.4) is 0 Å². The first kappa shape index (κ1) is 14.8. The molecule has 1 N–H and O–H groups in total.